The van der Waals surface area contributed by atoms with E-state index in [1.807, 2.05) is 0 Å². The second-order valence-electron chi connectivity index (χ2n) is 5.90. The second kappa shape index (κ2) is 7.19. The van der Waals surface area contributed by atoms with Gasteiger partial charge < -0.3 is 0 Å². The molecule has 0 nitrogen and oxygen atoms in total. The van der Waals surface area contributed by atoms with Crippen LogP contribution in [0, 0.1) is 0 Å². The number of alkyl halides is 1. The Kier molecular flexibility index (Phi) is 5.47. The zero-order valence-electron chi connectivity index (χ0n) is 12.6. The van der Waals surface area contributed by atoms with Crippen LogP contribution in [0.25, 0.3) is 11.1 Å². The molecule has 0 fully saturated rings. The van der Waals surface area contributed by atoms with Crippen molar-refractivity contribution < 1.29 is 0 Å². The van der Waals surface area contributed by atoms with Gasteiger partial charge in [0.25, 0.3) is 0 Å². The average molecular weight is 487 g/mol. The van der Waals surface area contributed by atoms with Gasteiger partial charge in [-0.2, -0.15) is 0 Å². The molecule has 2 aromatic carbocycles. The first-order valence-electron chi connectivity index (χ1n) is 7.86. The molecule has 0 radical (unpaired) electrons. The van der Waals surface area contributed by atoms with Gasteiger partial charge in [0, 0.05) is 19.7 Å². The van der Waals surface area contributed by atoms with Crippen molar-refractivity contribution in [3.8, 4) is 11.1 Å². The molecule has 0 aromatic heterocycles. The average Bonchev–Trinajstić information content (AvgIpc) is 2.86. The summed E-state index contributed by atoms with van der Waals surface area (Å²) < 4.78 is 2.34. The number of hydrogen-bond donors (Lipinski definition) is 0. The molecule has 2 aromatic rings. The van der Waals surface area contributed by atoms with Crippen molar-refractivity contribution in [1.29, 1.82) is 0 Å². The monoisotopic (exact) mass is 484 g/mol. The van der Waals surface area contributed by atoms with Gasteiger partial charge >= 0.3 is 0 Å². The summed E-state index contributed by atoms with van der Waals surface area (Å²) in [7, 11) is 0. The quantitative estimate of drug-likeness (QED) is 0.300. The molecule has 3 heteroatoms. The molecule has 1 aliphatic rings. The zero-order chi connectivity index (χ0) is 15.7. The fourth-order valence-corrected chi connectivity index (χ4v) is 5.22. The smallest absolute Gasteiger partial charge is 0.0362 e. The van der Waals surface area contributed by atoms with Crippen molar-refractivity contribution in [1.82, 2.24) is 0 Å². The molecule has 22 heavy (non-hydrogen) atoms. The summed E-state index contributed by atoms with van der Waals surface area (Å²) >= 11 is 11.5. The van der Waals surface area contributed by atoms with E-state index in [0.717, 1.165) is 4.47 Å². The van der Waals surface area contributed by atoms with Gasteiger partial charge in [-0.1, -0.05) is 72.4 Å². The van der Waals surface area contributed by atoms with Gasteiger partial charge in [-0.25, -0.2) is 0 Å². The number of unbranched alkanes of at least 4 members (excludes halogenated alkanes) is 2. The molecule has 0 spiro atoms. The molecular weight excluding hydrogens is 468 g/mol. The number of rotatable bonds is 5. The van der Waals surface area contributed by atoms with Crippen LogP contribution in [0.3, 0.4) is 0 Å². The van der Waals surface area contributed by atoms with E-state index in [1.54, 1.807) is 0 Å². The van der Waals surface area contributed by atoms with Gasteiger partial charge in [0.1, 0.15) is 0 Å². The molecule has 0 heterocycles. The Morgan fingerprint density at radius 2 is 1.77 bits per heavy atom. The van der Waals surface area contributed by atoms with Crippen molar-refractivity contribution in [2.24, 2.45) is 0 Å². The SMILES string of the molecule is CCCCCC(Br)C1c2ccccc2-c2ccc(Br)c(Br)c21. The summed E-state index contributed by atoms with van der Waals surface area (Å²) in [6, 6.07) is 13.2. The molecular formula is C19H19Br3. The van der Waals surface area contributed by atoms with Crippen LogP contribution < -0.4 is 0 Å². The van der Waals surface area contributed by atoms with Crippen LogP contribution in [0.1, 0.15) is 49.7 Å². The maximum atomic E-state index is 4.00. The first kappa shape index (κ1) is 16.7. The summed E-state index contributed by atoms with van der Waals surface area (Å²) in [5.74, 6) is 0.426. The van der Waals surface area contributed by atoms with Crippen LogP contribution in [-0.4, -0.2) is 4.83 Å². The third-order valence-electron chi connectivity index (χ3n) is 4.47. The van der Waals surface area contributed by atoms with E-state index in [9.17, 15) is 0 Å². The molecule has 2 unspecified atom stereocenters. The van der Waals surface area contributed by atoms with Crippen molar-refractivity contribution >= 4 is 47.8 Å². The summed E-state index contributed by atoms with van der Waals surface area (Å²) in [4.78, 5) is 0.479. The fourth-order valence-electron chi connectivity index (χ4n) is 3.41. The van der Waals surface area contributed by atoms with E-state index >= 15 is 0 Å². The standard InChI is InChI=1S/C19H19Br3/c1-2-3-4-9-15(20)17-13-8-6-5-7-12(13)14-10-11-16(21)19(22)18(14)17/h5-8,10-11,15,17H,2-4,9H2,1H3. The maximum Gasteiger partial charge on any atom is 0.0362 e. The Morgan fingerprint density at radius 3 is 2.55 bits per heavy atom. The third kappa shape index (κ3) is 2.97. The molecule has 3 rings (SSSR count). The molecule has 0 aliphatic heterocycles. The predicted molar refractivity (Wildman–Crippen MR) is 106 cm³/mol. The Balaban J connectivity index is 2.05. The Labute approximate surface area is 158 Å². The molecule has 0 N–H and O–H groups in total. The van der Waals surface area contributed by atoms with E-state index in [2.05, 4.69) is 91.1 Å². The van der Waals surface area contributed by atoms with Gasteiger partial charge in [-0.05, 0) is 66.6 Å². The number of halogens is 3. The number of hydrogen-bond acceptors (Lipinski definition) is 0. The fraction of sp³-hybridized carbons (Fsp3) is 0.368. The lowest BCUT2D eigenvalue weighted by Crippen LogP contribution is -2.12. The van der Waals surface area contributed by atoms with Gasteiger partial charge in [-0.15, -0.1) is 0 Å². The lowest BCUT2D eigenvalue weighted by atomic mass is 9.91. The van der Waals surface area contributed by atoms with Crippen molar-refractivity contribution in [2.45, 2.75) is 43.4 Å². The molecule has 1 aliphatic carbocycles. The summed E-state index contributed by atoms with van der Waals surface area (Å²) in [6.45, 7) is 2.26. The van der Waals surface area contributed by atoms with Gasteiger partial charge in [0.15, 0.2) is 0 Å². The Bertz CT molecular complexity index is 678. The summed E-state index contributed by atoms with van der Waals surface area (Å²) in [5, 5.41) is 0. The second-order valence-corrected chi connectivity index (χ2v) is 8.72. The highest BCUT2D eigenvalue weighted by Crippen LogP contribution is 2.52. The highest BCUT2D eigenvalue weighted by Gasteiger charge is 2.35. The van der Waals surface area contributed by atoms with Crippen molar-refractivity contribution in [3.63, 3.8) is 0 Å². The van der Waals surface area contributed by atoms with Gasteiger partial charge in [0.2, 0.25) is 0 Å². The molecule has 0 saturated heterocycles. The van der Waals surface area contributed by atoms with Crippen molar-refractivity contribution in [3.05, 3.63) is 56.5 Å². The minimum atomic E-state index is 0.426. The zero-order valence-corrected chi connectivity index (χ0v) is 17.3. The van der Waals surface area contributed by atoms with Crippen LogP contribution >= 0.6 is 47.8 Å². The first-order chi connectivity index (χ1) is 10.6. The predicted octanol–water partition coefficient (Wildman–Crippen LogP) is 7.67. The third-order valence-corrected chi connectivity index (χ3v) is 7.51. The molecule has 2 atom stereocenters. The normalized spacial score (nSPS) is 17.2. The molecule has 0 amide bonds. The van der Waals surface area contributed by atoms with Gasteiger partial charge in [0.05, 0.1) is 0 Å². The summed E-state index contributed by atoms with van der Waals surface area (Å²) in [5.41, 5.74) is 5.63. The molecule has 116 valence electrons. The highest BCUT2D eigenvalue weighted by molar-refractivity contribution is 9.13. The Morgan fingerprint density at radius 1 is 1.00 bits per heavy atom. The van der Waals surface area contributed by atoms with E-state index in [-0.39, 0.29) is 0 Å². The van der Waals surface area contributed by atoms with Crippen LogP contribution in [0.4, 0.5) is 0 Å². The molecule has 0 saturated carbocycles. The lowest BCUT2D eigenvalue weighted by molar-refractivity contribution is 0.619. The van der Waals surface area contributed by atoms with Gasteiger partial charge in [-0.3, -0.25) is 0 Å². The first-order valence-corrected chi connectivity index (χ1v) is 10.4. The number of benzene rings is 2. The lowest BCUT2D eigenvalue weighted by Gasteiger charge is -2.21. The minimum absolute atomic E-state index is 0.426. The van der Waals surface area contributed by atoms with Crippen LogP contribution in [0.5, 0.6) is 0 Å². The molecule has 0 bridgehead atoms. The van der Waals surface area contributed by atoms with E-state index in [4.69, 9.17) is 0 Å². The van der Waals surface area contributed by atoms with Crippen molar-refractivity contribution in [2.75, 3.05) is 0 Å². The van der Waals surface area contributed by atoms with Crippen LogP contribution in [-0.2, 0) is 0 Å². The van der Waals surface area contributed by atoms with E-state index in [1.165, 1.54) is 52.4 Å². The van der Waals surface area contributed by atoms with E-state index in [0.29, 0.717) is 10.7 Å². The number of fused-ring (bicyclic) bond motifs is 3. The van der Waals surface area contributed by atoms with E-state index < -0.39 is 0 Å². The highest BCUT2D eigenvalue weighted by atomic mass is 79.9. The summed E-state index contributed by atoms with van der Waals surface area (Å²) in [6.07, 6.45) is 5.08. The Hall–Kier alpha value is -0.120. The van der Waals surface area contributed by atoms with Crippen LogP contribution in [0.15, 0.2) is 45.3 Å². The largest absolute Gasteiger partial charge is 0.0880 e. The maximum absolute atomic E-state index is 4.00. The topological polar surface area (TPSA) is 0 Å². The van der Waals surface area contributed by atoms with Crippen LogP contribution in [0.2, 0.25) is 0 Å². The minimum Gasteiger partial charge on any atom is -0.0880 e.